The minimum Gasteiger partial charge on any atom is -0.454 e. The Morgan fingerprint density at radius 1 is 1.24 bits per heavy atom. The second-order valence-corrected chi connectivity index (χ2v) is 5.24. The number of carbonyl (C=O) groups is 1. The number of ether oxygens (including phenoxy) is 1. The zero-order chi connectivity index (χ0) is 15.2. The summed E-state index contributed by atoms with van der Waals surface area (Å²) >= 11 is 0. The summed E-state index contributed by atoms with van der Waals surface area (Å²) in [5.74, 6) is -0.277. The van der Waals surface area contributed by atoms with E-state index in [0.717, 1.165) is 30.5 Å². The molecule has 2 N–H and O–H groups in total. The van der Waals surface area contributed by atoms with Crippen LogP contribution in [0, 0.1) is 0 Å². The third-order valence-corrected chi connectivity index (χ3v) is 3.78. The highest BCUT2D eigenvalue weighted by Crippen LogP contribution is 2.36. The second-order valence-electron chi connectivity index (χ2n) is 5.24. The summed E-state index contributed by atoms with van der Waals surface area (Å²) in [6.45, 7) is 2.96. The van der Waals surface area contributed by atoms with Gasteiger partial charge in [0.1, 0.15) is 6.10 Å². The van der Waals surface area contributed by atoms with Crippen molar-refractivity contribution >= 4 is 11.7 Å². The van der Waals surface area contributed by atoms with E-state index in [-0.39, 0.29) is 25.3 Å². The van der Waals surface area contributed by atoms with Crippen LogP contribution in [0.25, 0.3) is 0 Å². The molecule has 1 unspecified atom stereocenters. The molecule has 0 spiro atoms. The fourth-order valence-electron chi connectivity index (χ4n) is 2.67. The van der Waals surface area contributed by atoms with Crippen LogP contribution in [0.1, 0.15) is 48.2 Å². The van der Waals surface area contributed by atoms with E-state index < -0.39 is 0 Å². The van der Waals surface area contributed by atoms with Gasteiger partial charge in [0, 0.05) is 24.3 Å². The van der Waals surface area contributed by atoms with Crippen LogP contribution < -0.4 is 4.90 Å². The number of benzene rings is 1. The van der Waals surface area contributed by atoms with E-state index in [1.54, 1.807) is 6.07 Å². The van der Waals surface area contributed by atoms with E-state index in [9.17, 15) is 4.79 Å². The lowest BCUT2D eigenvalue weighted by Crippen LogP contribution is -2.29. The van der Waals surface area contributed by atoms with Crippen molar-refractivity contribution in [2.24, 2.45) is 0 Å². The Balaban J connectivity index is 2.22. The molecule has 1 aromatic carbocycles. The molecule has 1 aliphatic rings. The molecule has 0 aliphatic carbocycles. The summed E-state index contributed by atoms with van der Waals surface area (Å²) in [5.41, 5.74) is 2.38. The van der Waals surface area contributed by atoms with Crippen LogP contribution in [-0.2, 0) is 4.74 Å². The fraction of sp³-hybridized carbons (Fsp3) is 0.562. The Labute approximate surface area is 125 Å². The standard InChI is InChI=1S/C16H23NO4/c1-2-3-4-15-13-6-5-12(11-14(13)16(20)21-15)17(7-9-18)8-10-19/h5-6,11,15,18-19H,2-4,7-10H2,1H3. The highest BCUT2D eigenvalue weighted by atomic mass is 16.5. The number of hydrogen-bond acceptors (Lipinski definition) is 5. The maximum absolute atomic E-state index is 12.0. The first kappa shape index (κ1) is 15.8. The summed E-state index contributed by atoms with van der Waals surface area (Å²) in [6.07, 6.45) is 2.82. The van der Waals surface area contributed by atoms with Crippen LogP contribution in [0.15, 0.2) is 18.2 Å². The van der Waals surface area contributed by atoms with Crippen molar-refractivity contribution in [2.75, 3.05) is 31.2 Å². The largest absolute Gasteiger partial charge is 0.454 e. The van der Waals surface area contributed by atoms with Crippen molar-refractivity contribution in [2.45, 2.75) is 32.3 Å². The normalized spacial score (nSPS) is 16.7. The first-order chi connectivity index (χ1) is 10.2. The maximum Gasteiger partial charge on any atom is 0.339 e. The van der Waals surface area contributed by atoms with Crippen LogP contribution in [0.4, 0.5) is 5.69 Å². The van der Waals surface area contributed by atoms with Gasteiger partial charge in [-0.15, -0.1) is 0 Å². The third kappa shape index (κ3) is 3.54. The molecule has 2 rings (SSSR count). The molecule has 5 nitrogen and oxygen atoms in total. The van der Waals surface area contributed by atoms with Gasteiger partial charge >= 0.3 is 5.97 Å². The summed E-state index contributed by atoms with van der Waals surface area (Å²) in [5, 5.41) is 18.2. The van der Waals surface area contributed by atoms with Gasteiger partial charge < -0.3 is 19.8 Å². The van der Waals surface area contributed by atoms with Crippen molar-refractivity contribution in [3.63, 3.8) is 0 Å². The molecule has 0 fully saturated rings. The smallest absolute Gasteiger partial charge is 0.339 e. The minimum atomic E-state index is -0.277. The monoisotopic (exact) mass is 293 g/mol. The topological polar surface area (TPSA) is 70.0 Å². The first-order valence-electron chi connectivity index (χ1n) is 7.52. The molecule has 0 amide bonds. The number of hydrogen-bond donors (Lipinski definition) is 2. The van der Waals surface area contributed by atoms with Crippen LogP contribution in [-0.4, -0.2) is 42.5 Å². The molecule has 1 heterocycles. The predicted octanol–water partition coefficient (Wildman–Crippen LogP) is 1.88. The van der Waals surface area contributed by atoms with Crippen molar-refractivity contribution in [3.8, 4) is 0 Å². The van der Waals surface area contributed by atoms with E-state index in [2.05, 4.69) is 6.92 Å². The van der Waals surface area contributed by atoms with Gasteiger partial charge in [0.15, 0.2) is 0 Å². The number of anilines is 1. The molecule has 0 bridgehead atoms. The van der Waals surface area contributed by atoms with Gasteiger partial charge in [-0.3, -0.25) is 0 Å². The number of aliphatic hydroxyl groups excluding tert-OH is 2. The molecule has 0 saturated carbocycles. The van der Waals surface area contributed by atoms with Crippen LogP contribution in [0.2, 0.25) is 0 Å². The van der Waals surface area contributed by atoms with Crippen LogP contribution >= 0.6 is 0 Å². The van der Waals surface area contributed by atoms with Gasteiger partial charge in [-0.05, 0) is 25.0 Å². The molecule has 1 aromatic rings. The predicted molar refractivity (Wildman–Crippen MR) is 80.5 cm³/mol. The summed E-state index contributed by atoms with van der Waals surface area (Å²) < 4.78 is 5.43. The van der Waals surface area contributed by atoms with Crippen molar-refractivity contribution < 1.29 is 19.7 Å². The SMILES string of the molecule is CCCCC1OC(=O)c2cc(N(CCO)CCO)ccc21. The van der Waals surface area contributed by atoms with Crippen molar-refractivity contribution in [1.82, 2.24) is 0 Å². The highest BCUT2D eigenvalue weighted by molar-refractivity contribution is 5.95. The molecule has 0 aromatic heterocycles. The van der Waals surface area contributed by atoms with Crippen molar-refractivity contribution in [1.29, 1.82) is 0 Å². The fourth-order valence-corrected chi connectivity index (χ4v) is 2.67. The van der Waals surface area contributed by atoms with Crippen LogP contribution in [0.3, 0.4) is 0 Å². The average Bonchev–Trinajstić information content (AvgIpc) is 2.81. The molecule has 0 saturated heterocycles. The first-order valence-corrected chi connectivity index (χ1v) is 7.52. The Hall–Kier alpha value is -1.59. The molecule has 5 heteroatoms. The van der Waals surface area contributed by atoms with E-state index in [1.165, 1.54) is 0 Å². The Morgan fingerprint density at radius 2 is 1.95 bits per heavy atom. The number of carbonyl (C=O) groups excluding carboxylic acids is 1. The maximum atomic E-state index is 12.0. The quantitative estimate of drug-likeness (QED) is 0.716. The molecule has 21 heavy (non-hydrogen) atoms. The minimum absolute atomic E-state index is 0.000651. The highest BCUT2D eigenvalue weighted by Gasteiger charge is 2.31. The Bertz CT molecular complexity index is 483. The number of unbranched alkanes of at least 4 members (excludes halogenated alkanes) is 1. The molecular weight excluding hydrogens is 270 g/mol. The van der Waals surface area contributed by atoms with Gasteiger partial charge in [0.25, 0.3) is 0 Å². The Morgan fingerprint density at radius 3 is 2.57 bits per heavy atom. The zero-order valence-corrected chi connectivity index (χ0v) is 12.4. The molecule has 116 valence electrons. The summed E-state index contributed by atoms with van der Waals surface area (Å²) in [4.78, 5) is 13.8. The lowest BCUT2D eigenvalue weighted by Gasteiger charge is -2.23. The van der Waals surface area contributed by atoms with E-state index in [4.69, 9.17) is 14.9 Å². The molecule has 1 atom stereocenters. The van der Waals surface area contributed by atoms with Gasteiger partial charge in [0.05, 0.1) is 18.8 Å². The molecule has 1 aliphatic heterocycles. The number of nitrogens with zero attached hydrogens (tertiary/aromatic N) is 1. The van der Waals surface area contributed by atoms with Crippen molar-refractivity contribution in [3.05, 3.63) is 29.3 Å². The zero-order valence-electron chi connectivity index (χ0n) is 12.4. The summed E-state index contributed by atoms with van der Waals surface area (Å²) in [6, 6.07) is 5.65. The number of aliphatic hydroxyl groups is 2. The van der Waals surface area contributed by atoms with Gasteiger partial charge in [-0.1, -0.05) is 19.4 Å². The second kappa shape index (κ2) is 7.43. The van der Waals surface area contributed by atoms with Gasteiger partial charge in [-0.2, -0.15) is 0 Å². The van der Waals surface area contributed by atoms with Gasteiger partial charge in [0.2, 0.25) is 0 Å². The number of fused-ring (bicyclic) bond motifs is 1. The number of esters is 1. The van der Waals surface area contributed by atoms with E-state index >= 15 is 0 Å². The lowest BCUT2D eigenvalue weighted by molar-refractivity contribution is 0.0364. The Kier molecular flexibility index (Phi) is 5.59. The van der Waals surface area contributed by atoms with E-state index in [0.29, 0.717) is 18.7 Å². The number of cyclic esters (lactones) is 1. The molecular formula is C16H23NO4. The molecule has 0 radical (unpaired) electrons. The van der Waals surface area contributed by atoms with Crippen LogP contribution in [0.5, 0.6) is 0 Å². The van der Waals surface area contributed by atoms with Gasteiger partial charge in [-0.25, -0.2) is 4.79 Å². The third-order valence-electron chi connectivity index (χ3n) is 3.78. The van der Waals surface area contributed by atoms with E-state index in [1.807, 2.05) is 17.0 Å². The number of rotatable bonds is 8. The summed E-state index contributed by atoms with van der Waals surface area (Å²) in [7, 11) is 0. The average molecular weight is 293 g/mol. The lowest BCUT2D eigenvalue weighted by atomic mass is 10.0.